The van der Waals surface area contributed by atoms with Gasteiger partial charge in [-0.1, -0.05) is 31.0 Å². The van der Waals surface area contributed by atoms with Crippen molar-refractivity contribution in [1.82, 2.24) is 4.57 Å². The normalized spacial score (nSPS) is 13.6. The van der Waals surface area contributed by atoms with Gasteiger partial charge in [-0.25, -0.2) is 0 Å². The van der Waals surface area contributed by atoms with E-state index >= 15 is 0 Å². The van der Waals surface area contributed by atoms with E-state index in [-0.39, 0.29) is 11.5 Å². The van der Waals surface area contributed by atoms with Gasteiger partial charge in [0.2, 0.25) is 0 Å². The number of carbonyl (C=O) groups excluding carboxylic acids is 1. The monoisotopic (exact) mass is 374 g/mol. The number of rotatable bonds is 6. The molecular weight excluding hydrogens is 348 g/mol. The molecule has 0 aliphatic heterocycles. The highest BCUT2D eigenvalue weighted by atomic mass is 16.2. The summed E-state index contributed by atoms with van der Waals surface area (Å²) in [5, 5.41) is 1.08. The molecule has 0 spiro atoms. The molecule has 1 amide bonds. The predicted molar refractivity (Wildman–Crippen MR) is 114 cm³/mol. The summed E-state index contributed by atoms with van der Waals surface area (Å²) >= 11 is 0. The SMILES string of the molecule is CCn1c(=O)cc(CCC2CC2)c2cc(N(C)C(=O)c3ccccc3)ccc21. The number of anilines is 1. The van der Waals surface area contributed by atoms with Gasteiger partial charge in [0, 0.05) is 36.3 Å². The number of amides is 1. The van der Waals surface area contributed by atoms with Gasteiger partial charge in [-0.15, -0.1) is 0 Å². The van der Waals surface area contributed by atoms with Crippen LogP contribution in [0.15, 0.2) is 59.4 Å². The number of fused-ring (bicyclic) bond motifs is 1. The largest absolute Gasteiger partial charge is 0.311 e. The molecule has 0 radical (unpaired) electrons. The first kappa shape index (κ1) is 18.5. The standard InChI is InChI=1S/C24H26N2O2/c1-3-26-22-14-13-20(25(2)24(28)18-7-5-4-6-8-18)16-21(22)19(15-23(26)27)12-11-17-9-10-17/h4-8,13-17H,3,9-12H2,1-2H3. The van der Waals surface area contributed by atoms with Crippen LogP contribution in [0, 0.1) is 5.92 Å². The summed E-state index contributed by atoms with van der Waals surface area (Å²) in [7, 11) is 1.80. The van der Waals surface area contributed by atoms with Crippen molar-refractivity contribution in [3.05, 3.63) is 76.1 Å². The van der Waals surface area contributed by atoms with E-state index in [0.29, 0.717) is 12.1 Å². The van der Waals surface area contributed by atoms with E-state index in [4.69, 9.17) is 0 Å². The van der Waals surface area contributed by atoms with Crippen LogP contribution in [0.4, 0.5) is 5.69 Å². The van der Waals surface area contributed by atoms with E-state index in [1.165, 1.54) is 12.8 Å². The van der Waals surface area contributed by atoms with E-state index in [1.807, 2.05) is 49.4 Å². The van der Waals surface area contributed by atoms with Crippen LogP contribution >= 0.6 is 0 Å². The van der Waals surface area contributed by atoms with Crippen LogP contribution in [-0.2, 0) is 13.0 Å². The highest BCUT2D eigenvalue weighted by Gasteiger charge is 2.22. The first-order valence-electron chi connectivity index (χ1n) is 10.1. The minimum Gasteiger partial charge on any atom is -0.311 e. The lowest BCUT2D eigenvalue weighted by Crippen LogP contribution is -2.26. The molecule has 0 saturated heterocycles. The molecule has 0 unspecified atom stereocenters. The topological polar surface area (TPSA) is 42.3 Å². The van der Waals surface area contributed by atoms with Gasteiger partial charge < -0.3 is 9.47 Å². The van der Waals surface area contributed by atoms with Crippen molar-refractivity contribution in [1.29, 1.82) is 0 Å². The Kier molecular flexibility index (Phi) is 5.03. The molecule has 0 N–H and O–H groups in total. The molecule has 4 rings (SSSR count). The van der Waals surface area contributed by atoms with E-state index in [2.05, 4.69) is 6.07 Å². The second-order valence-electron chi connectivity index (χ2n) is 7.67. The van der Waals surface area contributed by atoms with Crippen LogP contribution in [0.5, 0.6) is 0 Å². The number of benzene rings is 2. The molecule has 3 aromatic rings. The van der Waals surface area contributed by atoms with Crippen molar-refractivity contribution >= 4 is 22.5 Å². The summed E-state index contributed by atoms with van der Waals surface area (Å²) in [6.45, 7) is 2.63. The van der Waals surface area contributed by atoms with Crippen LogP contribution in [0.1, 0.15) is 42.1 Å². The zero-order chi connectivity index (χ0) is 19.7. The summed E-state index contributed by atoms with van der Waals surface area (Å²) in [6.07, 6.45) is 4.67. The van der Waals surface area contributed by atoms with Crippen LogP contribution in [-0.4, -0.2) is 17.5 Å². The Labute approximate surface area is 165 Å². The molecule has 1 saturated carbocycles. The molecule has 0 atom stereocenters. The van der Waals surface area contributed by atoms with Crippen LogP contribution < -0.4 is 10.5 Å². The van der Waals surface area contributed by atoms with Crippen LogP contribution in [0.25, 0.3) is 10.9 Å². The molecule has 1 aromatic heterocycles. The maximum absolute atomic E-state index is 12.8. The summed E-state index contributed by atoms with van der Waals surface area (Å²) < 4.78 is 1.80. The third-order valence-electron chi connectivity index (χ3n) is 5.73. The average molecular weight is 374 g/mol. The third kappa shape index (κ3) is 3.59. The summed E-state index contributed by atoms with van der Waals surface area (Å²) in [6, 6.07) is 17.1. The molecule has 1 heterocycles. The Morgan fingerprint density at radius 2 is 1.86 bits per heavy atom. The van der Waals surface area contributed by atoms with Gasteiger partial charge in [-0.3, -0.25) is 9.59 Å². The fourth-order valence-electron chi connectivity index (χ4n) is 3.84. The van der Waals surface area contributed by atoms with Crippen molar-refractivity contribution in [2.24, 2.45) is 5.92 Å². The van der Waals surface area contributed by atoms with Gasteiger partial charge in [-0.05, 0) is 61.6 Å². The number of carbonyl (C=O) groups is 1. The minimum atomic E-state index is -0.0386. The van der Waals surface area contributed by atoms with Gasteiger partial charge in [-0.2, -0.15) is 0 Å². The van der Waals surface area contributed by atoms with Gasteiger partial charge in [0.1, 0.15) is 0 Å². The lowest BCUT2D eigenvalue weighted by Gasteiger charge is -2.20. The Bertz CT molecular complexity index is 1070. The van der Waals surface area contributed by atoms with Crippen molar-refractivity contribution in [3.8, 4) is 0 Å². The van der Waals surface area contributed by atoms with Crippen molar-refractivity contribution in [2.45, 2.75) is 39.2 Å². The fraction of sp³-hybridized carbons (Fsp3) is 0.333. The maximum atomic E-state index is 12.8. The number of hydrogen-bond donors (Lipinski definition) is 0. The second kappa shape index (κ2) is 7.63. The Morgan fingerprint density at radius 1 is 1.11 bits per heavy atom. The molecule has 144 valence electrons. The van der Waals surface area contributed by atoms with Gasteiger partial charge >= 0.3 is 0 Å². The molecule has 1 fully saturated rings. The molecule has 2 aromatic carbocycles. The van der Waals surface area contributed by atoms with Gasteiger partial charge in [0.05, 0.1) is 5.52 Å². The first-order valence-corrected chi connectivity index (χ1v) is 10.1. The lowest BCUT2D eigenvalue weighted by atomic mass is 10.0. The molecule has 4 nitrogen and oxygen atoms in total. The van der Waals surface area contributed by atoms with Crippen molar-refractivity contribution in [2.75, 3.05) is 11.9 Å². The van der Waals surface area contributed by atoms with E-state index in [1.54, 1.807) is 22.6 Å². The molecule has 28 heavy (non-hydrogen) atoms. The molecule has 1 aliphatic carbocycles. The highest BCUT2D eigenvalue weighted by Crippen LogP contribution is 2.34. The smallest absolute Gasteiger partial charge is 0.258 e. The fourth-order valence-corrected chi connectivity index (χ4v) is 3.84. The van der Waals surface area contributed by atoms with Gasteiger partial charge in [0.25, 0.3) is 11.5 Å². The quantitative estimate of drug-likeness (QED) is 0.631. The van der Waals surface area contributed by atoms with E-state index in [9.17, 15) is 9.59 Å². The molecular formula is C24H26N2O2. The average Bonchev–Trinajstić information content (AvgIpc) is 3.56. The number of hydrogen-bond acceptors (Lipinski definition) is 2. The molecule has 0 bridgehead atoms. The Balaban J connectivity index is 1.75. The highest BCUT2D eigenvalue weighted by molar-refractivity contribution is 6.06. The Morgan fingerprint density at radius 3 is 2.54 bits per heavy atom. The van der Waals surface area contributed by atoms with E-state index < -0.39 is 0 Å². The number of nitrogens with zero attached hydrogens (tertiary/aromatic N) is 2. The summed E-state index contributed by atoms with van der Waals surface area (Å²) in [5.41, 5.74) is 3.61. The van der Waals surface area contributed by atoms with Crippen LogP contribution in [0.2, 0.25) is 0 Å². The molecule has 1 aliphatic rings. The van der Waals surface area contributed by atoms with Gasteiger partial charge in [0.15, 0.2) is 0 Å². The summed E-state index contributed by atoms with van der Waals surface area (Å²) in [4.78, 5) is 27.1. The number of aromatic nitrogens is 1. The number of aryl methyl sites for hydroxylation is 2. The lowest BCUT2D eigenvalue weighted by molar-refractivity contribution is 0.0993. The summed E-state index contributed by atoms with van der Waals surface area (Å²) in [5.74, 6) is 0.775. The minimum absolute atomic E-state index is 0.0386. The first-order chi connectivity index (χ1) is 13.6. The maximum Gasteiger partial charge on any atom is 0.258 e. The zero-order valence-corrected chi connectivity index (χ0v) is 16.5. The van der Waals surface area contributed by atoms with Crippen molar-refractivity contribution < 1.29 is 4.79 Å². The van der Waals surface area contributed by atoms with E-state index in [0.717, 1.165) is 40.9 Å². The Hall–Kier alpha value is -2.88. The second-order valence-corrected chi connectivity index (χ2v) is 7.67. The van der Waals surface area contributed by atoms with Crippen molar-refractivity contribution in [3.63, 3.8) is 0 Å². The predicted octanol–water partition coefficient (Wildman–Crippen LogP) is 4.64. The zero-order valence-electron chi connectivity index (χ0n) is 16.5. The van der Waals surface area contributed by atoms with Crippen LogP contribution in [0.3, 0.4) is 0 Å². The number of pyridine rings is 1. The third-order valence-corrected chi connectivity index (χ3v) is 5.73. The molecule has 4 heteroatoms.